The number of aliphatic hydroxyl groups excluding tert-OH is 2. The summed E-state index contributed by atoms with van der Waals surface area (Å²) < 4.78 is 0. The van der Waals surface area contributed by atoms with Crippen LogP contribution in [0.25, 0.3) is 0 Å². The van der Waals surface area contributed by atoms with Gasteiger partial charge >= 0.3 is 0 Å². The van der Waals surface area contributed by atoms with Crippen molar-refractivity contribution in [1.29, 1.82) is 0 Å². The fourth-order valence-corrected chi connectivity index (χ4v) is 6.61. The second-order valence-electron chi connectivity index (χ2n) is 11.2. The van der Waals surface area contributed by atoms with E-state index in [2.05, 4.69) is 39.5 Å². The van der Waals surface area contributed by atoms with E-state index in [-0.39, 0.29) is 17.4 Å². The van der Waals surface area contributed by atoms with Crippen molar-refractivity contribution in [3.8, 4) is 0 Å². The summed E-state index contributed by atoms with van der Waals surface area (Å²) in [6.07, 6.45) is 13.1. The van der Waals surface area contributed by atoms with Crippen molar-refractivity contribution in [2.75, 3.05) is 0 Å². The van der Waals surface area contributed by atoms with E-state index in [9.17, 15) is 15.3 Å². The van der Waals surface area contributed by atoms with Crippen molar-refractivity contribution in [1.82, 2.24) is 0 Å². The molecule has 0 bridgehead atoms. The van der Waals surface area contributed by atoms with E-state index in [0.29, 0.717) is 24.7 Å². The van der Waals surface area contributed by atoms with Crippen molar-refractivity contribution in [2.45, 2.75) is 110 Å². The second-order valence-corrected chi connectivity index (χ2v) is 11.2. The molecular weight excluding hydrogens is 372 g/mol. The predicted octanol–water partition coefficient (Wildman–Crippen LogP) is 5.70. The topological polar surface area (TPSA) is 60.7 Å². The summed E-state index contributed by atoms with van der Waals surface area (Å²) in [6, 6.07) is 0. The second kappa shape index (κ2) is 9.30. The van der Waals surface area contributed by atoms with Crippen LogP contribution in [0.15, 0.2) is 35.5 Å². The number of rotatable bonds is 6. The highest BCUT2D eigenvalue weighted by atomic mass is 16.3. The van der Waals surface area contributed by atoms with Crippen LogP contribution in [0.5, 0.6) is 0 Å². The first kappa shape index (κ1) is 23.8. The molecule has 3 heteroatoms. The van der Waals surface area contributed by atoms with Gasteiger partial charge in [-0.05, 0) is 99.9 Å². The minimum atomic E-state index is -1.04. The van der Waals surface area contributed by atoms with Gasteiger partial charge in [-0.2, -0.15) is 0 Å². The molecule has 1 unspecified atom stereocenters. The third kappa shape index (κ3) is 4.79. The molecule has 3 nitrogen and oxygen atoms in total. The summed E-state index contributed by atoms with van der Waals surface area (Å²) in [5, 5.41) is 32.4. The maximum absolute atomic E-state index is 11.5. The van der Waals surface area contributed by atoms with Crippen molar-refractivity contribution < 1.29 is 15.3 Å². The molecule has 30 heavy (non-hydrogen) atoms. The standard InChI is InChI=1S/C27H44O3/c1-18(2)8-15-25(29)27(5,30)24-14-13-23-20(7-6-16-26(23,24)4)10-11-21-17-22(28)12-9-19(21)3/h10-11,18,22-25,28-30H,3,6-9,12-17H2,1-2,4-5H3/b20-10+,21-11-/t22-,23-,24-,25?,26-,27+/m0/s1. The van der Waals surface area contributed by atoms with E-state index in [1.807, 2.05) is 6.92 Å². The Labute approximate surface area is 184 Å². The number of aliphatic hydroxyl groups is 3. The molecule has 3 fully saturated rings. The van der Waals surface area contributed by atoms with E-state index in [1.54, 1.807) is 0 Å². The summed E-state index contributed by atoms with van der Waals surface area (Å²) in [5.41, 5.74) is 2.84. The molecule has 0 aliphatic heterocycles. The summed E-state index contributed by atoms with van der Waals surface area (Å²) in [5.74, 6) is 1.13. The molecule has 3 N–H and O–H groups in total. The van der Waals surface area contributed by atoms with Crippen LogP contribution in [0.1, 0.15) is 91.9 Å². The molecule has 0 radical (unpaired) electrons. The largest absolute Gasteiger partial charge is 0.393 e. The lowest BCUT2D eigenvalue weighted by atomic mass is 9.59. The van der Waals surface area contributed by atoms with Crippen LogP contribution < -0.4 is 0 Å². The van der Waals surface area contributed by atoms with Gasteiger partial charge in [0.15, 0.2) is 0 Å². The molecule has 0 heterocycles. The van der Waals surface area contributed by atoms with Gasteiger partial charge in [0, 0.05) is 0 Å². The number of hydrogen-bond acceptors (Lipinski definition) is 3. The zero-order chi connectivity index (χ0) is 22.1. The smallest absolute Gasteiger partial charge is 0.0910 e. The molecule has 3 aliphatic carbocycles. The molecule has 0 aromatic rings. The lowest BCUT2D eigenvalue weighted by molar-refractivity contribution is -0.135. The summed E-state index contributed by atoms with van der Waals surface area (Å²) in [7, 11) is 0. The molecule has 0 aromatic carbocycles. The highest BCUT2D eigenvalue weighted by Gasteiger charge is 2.56. The monoisotopic (exact) mass is 416 g/mol. The van der Waals surface area contributed by atoms with E-state index in [1.165, 1.54) is 11.1 Å². The minimum Gasteiger partial charge on any atom is -0.393 e. The van der Waals surface area contributed by atoms with Gasteiger partial charge in [-0.15, -0.1) is 0 Å². The van der Waals surface area contributed by atoms with Crippen molar-refractivity contribution in [3.05, 3.63) is 35.5 Å². The van der Waals surface area contributed by atoms with Gasteiger partial charge in [-0.1, -0.05) is 50.6 Å². The van der Waals surface area contributed by atoms with Crippen molar-refractivity contribution >= 4 is 0 Å². The zero-order valence-corrected chi connectivity index (χ0v) is 19.7. The van der Waals surface area contributed by atoms with E-state index < -0.39 is 11.7 Å². The highest BCUT2D eigenvalue weighted by Crippen LogP contribution is 2.60. The van der Waals surface area contributed by atoms with Crippen LogP contribution >= 0.6 is 0 Å². The molecule has 0 aromatic heterocycles. The van der Waals surface area contributed by atoms with Crippen molar-refractivity contribution in [2.24, 2.45) is 23.2 Å². The van der Waals surface area contributed by atoms with E-state index >= 15 is 0 Å². The van der Waals surface area contributed by atoms with Gasteiger partial charge in [0.1, 0.15) is 0 Å². The molecular formula is C27H44O3. The molecule has 6 atom stereocenters. The first-order valence-corrected chi connectivity index (χ1v) is 12.2. The van der Waals surface area contributed by atoms with Gasteiger partial charge in [0.05, 0.1) is 17.8 Å². The third-order valence-electron chi connectivity index (χ3n) is 8.55. The number of allylic oxidation sites excluding steroid dienone is 4. The summed E-state index contributed by atoms with van der Waals surface area (Å²) in [6.45, 7) is 12.8. The van der Waals surface area contributed by atoms with Gasteiger partial charge < -0.3 is 15.3 Å². The van der Waals surface area contributed by atoms with Crippen LogP contribution in [-0.4, -0.2) is 33.1 Å². The van der Waals surface area contributed by atoms with Gasteiger partial charge in [-0.25, -0.2) is 0 Å². The minimum absolute atomic E-state index is 0.0357. The van der Waals surface area contributed by atoms with Crippen LogP contribution in [0.2, 0.25) is 0 Å². The molecule has 0 spiro atoms. The van der Waals surface area contributed by atoms with E-state index in [0.717, 1.165) is 56.9 Å². The first-order valence-electron chi connectivity index (χ1n) is 12.2. The number of hydrogen-bond donors (Lipinski definition) is 3. The lowest BCUT2D eigenvalue weighted by Crippen LogP contribution is -2.52. The zero-order valence-electron chi connectivity index (χ0n) is 19.7. The van der Waals surface area contributed by atoms with Crippen LogP contribution in [0.3, 0.4) is 0 Å². The normalized spacial score (nSPS) is 38.1. The Morgan fingerprint density at radius 2 is 1.90 bits per heavy atom. The van der Waals surface area contributed by atoms with Crippen LogP contribution in [-0.2, 0) is 0 Å². The average molecular weight is 417 g/mol. The Bertz CT molecular complexity index is 686. The molecule has 0 amide bonds. The van der Waals surface area contributed by atoms with Gasteiger partial charge in [0.25, 0.3) is 0 Å². The van der Waals surface area contributed by atoms with E-state index in [4.69, 9.17) is 0 Å². The lowest BCUT2D eigenvalue weighted by Gasteiger charge is -2.48. The molecule has 3 rings (SSSR count). The fraction of sp³-hybridized carbons (Fsp3) is 0.778. The van der Waals surface area contributed by atoms with Crippen LogP contribution in [0.4, 0.5) is 0 Å². The van der Waals surface area contributed by atoms with Gasteiger partial charge in [-0.3, -0.25) is 0 Å². The Morgan fingerprint density at radius 1 is 1.17 bits per heavy atom. The molecule has 3 saturated carbocycles. The molecule has 0 saturated heterocycles. The first-order chi connectivity index (χ1) is 14.1. The average Bonchev–Trinajstić information content (AvgIpc) is 3.04. The summed E-state index contributed by atoms with van der Waals surface area (Å²) >= 11 is 0. The van der Waals surface area contributed by atoms with Gasteiger partial charge in [0.2, 0.25) is 0 Å². The molecule has 170 valence electrons. The third-order valence-corrected chi connectivity index (χ3v) is 8.55. The Hall–Kier alpha value is -0.900. The quantitative estimate of drug-likeness (QED) is 0.520. The number of fused-ring (bicyclic) bond motifs is 1. The van der Waals surface area contributed by atoms with Crippen molar-refractivity contribution in [3.63, 3.8) is 0 Å². The maximum Gasteiger partial charge on any atom is 0.0910 e. The maximum atomic E-state index is 11.5. The Balaban J connectivity index is 1.78. The summed E-state index contributed by atoms with van der Waals surface area (Å²) in [4.78, 5) is 0. The van der Waals surface area contributed by atoms with Crippen LogP contribution in [0, 0.1) is 23.2 Å². The Morgan fingerprint density at radius 3 is 2.60 bits per heavy atom. The SMILES string of the molecule is C=C1CC[C@H](O)C/C1=C/C=C1\CCC[C@@]2(C)[C@H]1CC[C@@H]2[C@@](C)(O)C(O)CCC(C)C. The molecule has 3 aliphatic rings. The highest BCUT2D eigenvalue weighted by molar-refractivity contribution is 5.36. The predicted molar refractivity (Wildman–Crippen MR) is 124 cm³/mol. The fourth-order valence-electron chi connectivity index (χ4n) is 6.61. The Kier molecular flexibility index (Phi) is 7.37.